The van der Waals surface area contributed by atoms with Crippen LogP contribution in [-0.4, -0.2) is 24.9 Å². The molecule has 0 amide bonds. The third-order valence-electron chi connectivity index (χ3n) is 4.07. The molecule has 5 rings (SSSR count). The largest absolute Gasteiger partial charge is 0.370 e. The molecule has 8 heteroatoms. The van der Waals surface area contributed by atoms with Gasteiger partial charge in [0.15, 0.2) is 17.1 Å². The lowest BCUT2D eigenvalue weighted by Gasteiger charge is -2.23. The molecule has 0 fully saturated rings. The van der Waals surface area contributed by atoms with Gasteiger partial charge in [-0.25, -0.2) is 15.0 Å². The number of benzene rings is 1. The smallest absolute Gasteiger partial charge is 0.212 e. The number of aryl methyl sites for hydroxylation is 1. The highest BCUT2D eigenvalue weighted by Gasteiger charge is 2.29. The molecular weight excluding hydrogens is 310 g/mol. The molecule has 114 valence electrons. The van der Waals surface area contributed by atoms with Gasteiger partial charge >= 0.3 is 0 Å². The van der Waals surface area contributed by atoms with E-state index >= 15 is 0 Å². The van der Waals surface area contributed by atoms with Gasteiger partial charge in [0.25, 0.3) is 0 Å². The molecule has 23 heavy (non-hydrogen) atoms. The molecule has 0 radical (unpaired) electrons. The first-order chi connectivity index (χ1) is 11.2. The summed E-state index contributed by atoms with van der Waals surface area (Å²) in [5.41, 5.74) is 9.88. The molecule has 3 N–H and O–H groups in total. The quantitative estimate of drug-likeness (QED) is 0.563. The van der Waals surface area contributed by atoms with Crippen LogP contribution >= 0.6 is 11.3 Å². The zero-order chi connectivity index (χ0) is 15.6. The van der Waals surface area contributed by atoms with Crippen LogP contribution in [0.15, 0.2) is 40.8 Å². The summed E-state index contributed by atoms with van der Waals surface area (Å²) in [5, 5.41) is 5.08. The minimum Gasteiger partial charge on any atom is -0.370 e. The number of nitrogens with one attached hydrogen (secondary N) is 1. The summed E-state index contributed by atoms with van der Waals surface area (Å²) < 4.78 is 4.14. The number of aromatic nitrogens is 4. The van der Waals surface area contributed by atoms with Gasteiger partial charge in [-0.15, -0.1) is 11.3 Å². The number of hydrogen-bond acceptors (Lipinski definition) is 6. The molecule has 0 saturated carbocycles. The van der Waals surface area contributed by atoms with E-state index in [-0.39, 0.29) is 6.17 Å². The van der Waals surface area contributed by atoms with Crippen LogP contribution in [0.1, 0.15) is 17.6 Å². The number of rotatable bonds is 1. The van der Waals surface area contributed by atoms with Gasteiger partial charge in [-0.3, -0.25) is 14.3 Å². The highest BCUT2D eigenvalue weighted by atomic mass is 32.1. The van der Waals surface area contributed by atoms with Gasteiger partial charge in [-0.05, 0) is 19.1 Å². The van der Waals surface area contributed by atoms with E-state index in [0.29, 0.717) is 11.9 Å². The molecule has 1 aliphatic rings. The maximum absolute atomic E-state index is 6.00. The van der Waals surface area contributed by atoms with Gasteiger partial charge in [0.05, 0.1) is 22.4 Å². The van der Waals surface area contributed by atoms with Crippen molar-refractivity contribution in [3.05, 3.63) is 47.2 Å². The normalized spacial score (nSPS) is 17.3. The number of anilines is 1. The van der Waals surface area contributed by atoms with Crippen molar-refractivity contribution in [2.75, 3.05) is 5.32 Å². The van der Waals surface area contributed by atoms with Crippen LogP contribution in [0.2, 0.25) is 0 Å². The minimum atomic E-state index is -0.289. The molecule has 0 aliphatic carbocycles. The molecular formula is C15H13N7S. The Labute approximate surface area is 135 Å². The summed E-state index contributed by atoms with van der Waals surface area (Å²) in [6, 6.07) is 8.00. The number of hydrogen-bond donors (Lipinski definition) is 2. The molecule has 1 aliphatic heterocycles. The predicted molar refractivity (Wildman–Crippen MR) is 90.9 cm³/mol. The fourth-order valence-corrected chi connectivity index (χ4v) is 3.89. The van der Waals surface area contributed by atoms with Gasteiger partial charge in [-0.2, -0.15) is 0 Å². The molecule has 1 unspecified atom stereocenters. The standard InChI is InChI=1S/C15H13N7S/c1-8-11(21-6-7-23-15(21)17-8)12-19-13(16)20-14-18-9-4-2-3-5-10(9)22(12)14/h2-7,12H,1H3,(H3,16,18,19,20). The van der Waals surface area contributed by atoms with Crippen molar-refractivity contribution >= 4 is 39.2 Å². The van der Waals surface area contributed by atoms with E-state index in [9.17, 15) is 0 Å². The van der Waals surface area contributed by atoms with E-state index in [1.807, 2.05) is 42.8 Å². The van der Waals surface area contributed by atoms with Crippen LogP contribution in [-0.2, 0) is 0 Å². The molecule has 1 atom stereocenters. The number of imidazole rings is 2. The fraction of sp³-hybridized carbons (Fsp3) is 0.133. The molecule has 3 aromatic heterocycles. The zero-order valence-electron chi connectivity index (χ0n) is 12.3. The second-order valence-electron chi connectivity index (χ2n) is 5.45. The van der Waals surface area contributed by atoms with E-state index < -0.39 is 0 Å². The number of guanidine groups is 1. The SMILES string of the molecule is Cc1nc2sccn2c1C1N=C(N)Nc2nc3ccccc3n21. The van der Waals surface area contributed by atoms with Crippen molar-refractivity contribution in [3.63, 3.8) is 0 Å². The second-order valence-corrected chi connectivity index (χ2v) is 6.32. The van der Waals surface area contributed by atoms with Crippen LogP contribution in [0.4, 0.5) is 5.95 Å². The van der Waals surface area contributed by atoms with Gasteiger partial charge in [0.2, 0.25) is 5.95 Å². The number of nitrogens with two attached hydrogens (primary N) is 1. The monoisotopic (exact) mass is 323 g/mol. The Kier molecular flexibility index (Phi) is 2.38. The van der Waals surface area contributed by atoms with E-state index in [2.05, 4.69) is 29.2 Å². The van der Waals surface area contributed by atoms with Gasteiger partial charge < -0.3 is 5.73 Å². The van der Waals surface area contributed by atoms with Crippen LogP contribution in [0.5, 0.6) is 0 Å². The predicted octanol–water partition coefficient (Wildman–Crippen LogP) is 2.34. The van der Waals surface area contributed by atoms with Crippen LogP contribution in [0.25, 0.3) is 16.0 Å². The van der Waals surface area contributed by atoms with Gasteiger partial charge in [0.1, 0.15) is 0 Å². The van der Waals surface area contributed by atoms with Crippen LogP contribution in [0.3, 0.4) is 0 Å². The summed E-state index contributed by atoms with van der Waals surface area (Å²) in [6.07, 6.45) is 1.73. The lowest BCUT2D eigenvalue weighted by Crippen LogP contribution is -2.32. The van der Waals surface area contributed by atoms with Crippen LogP contribution < -0.4 is 11.1 Å². The summed E-state index contributed by atoms with van der Waals surface area (Å²) in [4.78, 5) is 14.8. The van der Waals surface area contributed by atoms with Gasteiger partial charge in [0, 0.05) is 11.6 Å². The Morgan fingerprint density at radius 1 is 1.26 bits per heavy atom. The van der Waals surface area contributed by atoms with Crippen molar-refractivity contribution in [2.45, 2.75) is 13.1 Å². The van der Waals surface area contributed by atoms with Crippen molar-refractivity contribution in [1.29, 1.82) is 0 Å². The number of thiazole rings is 1. The number of aliphatic imine (C=N–C) groups is 1. The molecule has 7 nitrogen and oxygen atoms in total. The van der Waals surface area contributed by atoms with E-state index in [1.54, 1.807) is 11.3 Å². The highest BCUT2D eigenvalue weighted by Crippen LogP contribution is 2.34. The molecule has 4 heterocycles. The lowest BCUT2D eigenvalue weighted by atomic mass is 10.2. The summed E-state index contributed by atoms with van der Waals surface area (Å²) in [6.45, 7) is 2.00. The van der Waals surface area contributed by atoms with Gasteiger partial charge in [-0.1, -0.05) is 12.1 Å². The van der Waals surface area contributed by atoms with Crippen LogP contribution in [0, 0.1) is 6.92 Å². The topological polar surface area (TPSA) is 85.5 Å². The Morgan fingerprint density at radius 2 is 2.13 bits per heavy atom. The Bertz CT molecular complexity index is 1080. The molecule has 0 bridgehead atoms. The third-order valence-corrected chi connectivity index (χ3v) is 4.83. The summed E-state index contributed by atoms with van der Waals surface area (Å²) >= 11 is 1.61. The summed E-state index contributed by atoms with van der Waals surface area (Å²) in [7, 11) is 0. The lowest BCUT2D eigenvalue weighted by molar-refractivity contribution is 0.600. The average molecular weight is 323 g/mol. The minimum absolute atomic E-state index is 0.289. The number of para-hydroxylation sites is 2. The third kappa shape index (κ3) is 1.66. The van der Waals surface area contributed by atoms with Crippen molar-refractivity contribution in [3.8, 4) is 0 Å². The second kappa shape index (κ2) is 4.32. The first-order valence-electron chi connectivity index (χ1n) is 7.21. The molecule has 4 aromatic rings. The molecule has 0 saturated heterocycles. The number of nitrogens with zero attached hydrogens (tertiary/aromatic N) is 5. The Morgan fingerprint density at radius 3 is 3.04 bits per heavy atom. The maximum atomic E-state index is 6.00. The van der Waals surface area contributed by atoms with E-state index in [1.165, 1.54) is 0 Å². The Hall–Kier alpha value is -2.87. The van der Waals surface area contributed by atoms with Crippen molar-refractivity contribution in [1.82, 2.24) is 18.9 Å². The average Bonchev–Trinajstić information content (AvgIpc) is 3.17. The first-order valence-corrected chi connectivity index (χ1v) is 8.09. The highest BCUT2D eigenvalue weighted by molar-refractivity contribution is 7.15. The number of fused-ring (bicyclic) bond motifs is 4. The van der Waals surface area contributed by atoms with Crippen molar-refractivity contribution in [2.24, 2.45) is 10.7 Å². The first kappa shape index (κ1) is 12.7. The maximum Gasteiger partial charge on any atom is 0.212 e. The Balaban J connectivity index is 1.85. The molecule has 1 aromatic carbocycles. The summed E-state index contributed by atoms with van der Waals surface area (Å²) in [5.74, 6) is 1.07. The van der Waals surface area contributed by atoms with Crippen molar-refractivity contribution < 1.29 is 0 Å². The fourth-order valence-electron chi connectivity index (χ4n) is 3.12. The van der Waals surface area contributed by atoms with E-state index in [4.69, 9.17) is 5.73 Å². The van der Waals surface area contributed by atoms with E-state index in [0.717, 1.165) is 27.4 Å². The zero-order valence-corrected chi connectivity index (χ0v) is 13.1. The molecule has 0 spiro atoms.